The van der Waals surface area contributed by atoms with Crippen molar-refractivity contribution < 1.29 is 9.59 Å². The van der Waals surface area contributed by atoms with Gasteiger partial charge in [-0.2, -0.15) is 0 Å². The van der Waals surface area contributed by atoms with Gasteiger partial charge in [0.2, 0.25) is 11.8 Å². The van der Waals surface area contributed by atoms with E-state index < -0.39 is 0 Å². The molecule has 1 saturated heterocycles. The Kier molecular flexibility index (Phi) is 6.28. The third kappa shape index (κ3) is 5.62. The second kappa shape index (κ2) is 8.21. The zero-order valence-electron chi connectivity index (χ0n) is 16.8. The summed E-state index contributed by atoms with van der Waals surface area (Å²) < 4.78 is 0. The summed E-state index contributed by atoms with van der Waals surface area (Å²) in [5, 5.41) is 6.97. The molecule has 1 aromatic rings. The highest BCUT2D eigenvalue weighted by Crippen LogP contribution is 2.45. The van der Waals surface area contributed by atoms with Crippen LogP contribution in [-0.2, 0) is 9.59 Å². The van der Waals surface area contributed by atoms with Crippen molar-refractivity contribution in [3.8, 4) is 0 Å². The number of rotatable bonds is 4. The van der Waals surface area contributed by atoms with Gasteiger partial charge in [-0.1, -0.05) is 23.2 Å². The molecule has 2 fully saturated rings. The summed E-state index contributed by atoms with van der Waals surface area (Å²) in [6, 6.07) is 5.07. The molecule has 0 unspecified atom stereocenters. The number of likely N-dealkylation sites (tertiary alicyclic amines) is 1. The number of nitrogens with zero attached hydrogens (tertiary/aromatic N) is 1. The first-order chi connectivity index (χ1) is 13.0. The number of amides is 2. The van der Waals surface area contributed by atoms with E-state index in [1.54, 1.807) is 18.2 Å². The van der Waals surface area contributed by atoms with Crippen LogP contribution in [0.4, 0.5) is 5.69 Å². The van der Waals surface area contributed by atoms with Gasteiger partial charge in [-0.3, -0.25) is 14.5 Å². The van der Waals surface area contributed by atoms with E-state index in [-0.39, 0.29) is 28.7 Å². The predicted octanol–water partition coefficient (Wildman–Crippen LogP) is 4.34. The highest BCUT2D eigenvalue weighted by Gasteiger charge is 2.46. The zero-order chi connectivity index (χ0) is 20.5. The maximum atomic E-state index is 12.6. The summed E-state index contributed by atoms with van der Waals surface area (Å²) in [6.07, 6.45) is 3.81. The van der Waals surface area contributed by atoms with Crippen LogP contribution in [0.1, 0.15) is 46.5 Å². The van der Waals surface area contributed by atoms with E-state index in [4.69, 9.17) is 23.2 Å². The monoisotopic (exact) mass is 425 g/mol. The minimum absolute atomic E-state index is 0.0154. The fourth-order valence-electron chi connectivity index (χ4n) is 4.35. The van der Waals surface area contributed by atoms with Crippen LogP contribution in [-0.4, -0.2) is 41.9 Å². The first-order valence-corrected chi connectivity index (χ1v) is 10.6. The number of halogens is 2. The number of carbonyl (C=O) groups is 2. The summed E-state index contributed by atoms with van der Waals surface area (Å²) in [5.74, 6) is 0.131. The van der Waals surface area contributed by atoms with Crippen LogP contribution in [0, 0.1) is 11.3 Å². The molecule has 154 valence electrons. The van der Waals surface area contributed by atoms with Gasteiger partial charge in [0.15, 0.2) is 0 Å². The fourth-order valence-corrected chi connectivity index (χ4v) is 4.88. The summed E-state index contributed by atoms with van der Waals surface area (Å²) in [4.78, 5) is 26.9. The quantitative estimate of drug-likeness (QED) is 0.753. The van der Waals surface area contributed by atoms with Crippen molar-refractivity contribution in [3.05, 3.63) is 28.2 Å². The Morgan fingerprint density at radius 3 is 2.21 bits per heavy atom. The molecule has 1 aliphatic heterocycles. The lowest BCUT2D eigenvalue weighted by molar-refractivity contribution is -0.129. The van der Waals surface area contributed by atoms with Gasteiger partial charge in [-0.15, -0.1) is 0 Å². The molecule has 3 rings (SSSR count). The lowest BCUT2D eigenvalue weighted by atomic mass is 9.65. The van der Waals surface area contributed by atoms with Gasteiger partial charge in [0, 0.05) is 40.3 Å². The smallest absolute Gasteiger partial charge is 0.234 e. The van der Waals surface area contributed by atoms with Crippen molar-refractivity contribution in [2.75, 3.05) is 25.0 Å². The van der Waals surface area contributed by atoms with Gasteiger partial charge in [0.1, 0.15) is 0 Å². The van der Waals surface area contributed by atoms with Gasteiger partial charge in [0.25, 0.3) is 0 Å². The number of carbonyl (C=O) groups excluding carboxylic acids is 2. The van der Waals surface area contributed by atoms with Crippen molar-refractivity contribution in [2.24, 2.45) is 11.3 Å². The topological polar surface area (TPSA) is 61.4 Å². The number of benzene rings is 1. The second-order valence-corrected chi connectivity index (χ2v) is 10.2. The van der Waals surface area contributed by atoms with Crippen molar-refractivity contribution >= 4 is 40.7 Å². The van der Waals surface area contributed by atoms with Gasteiger partial charge in [-0.25, -0.2) is 0 Å². The van der Waals surface area contributed by atoms with Crippen LogP contribution in [0.5, 0.6) is 0 Å². The third-order valence-electron chi connectivity index (χ3n) is 5.55. The molecule has 1 spiro atoms. The van der Waals surface area contributed by atoms with Crippen LogP contribution >= 0.6 is 23.2 Å². The van der Waals surface area contributed by atoms with E-state index in [0.29, 0.717) is 22.3 Å². The van der Waals surface area contributed by atoms with Crippen molar-refractivity contribution in [2.45, 2.75) is 52.0 Å². The van der Waals surface area contributed by atoms with E-state index in [9.17, 15) is 9.59 Å². The fraction of sp³-hybridized carbons (Fsp3) is 0.619. The summed E-state index contributed by atoms with van der Waals surface area (Å²) >= 11 is 12.0. The molecule has 7 heteroatoms. The first-order valence-electron chi connectivity index (χ1n) is 9.84. The summed E-state index contributed by atoms with van der Waals surface area (Å²) in [7, 11) is 0. The standard InChI is InChI=1S/C21H29Cl2N3O2/c1-20(2,3)25-18(27)11-26-12-21(13-26)6-4-14(5-7-21)19(28)24-17-9-15(22)8-16(23)10-17/h8-10,14H,4-7,11-13H2,1-3H3,(H,24,28)(H,25,27). The molecule has 5 nitrogen and oxygen atoms in total. The van der Waals surface area contributed by atoms with Crippen molar-refractivity contribution in [3.63, 3.8) is 0 Å². The van der Waals surface area contributed by atoms with Crippen LogP contribution in [0.3, 0.4) is 0 Å². The molecule has 0 radical (unpaired) electrons. The molecule has 1 aliphatic carbocycles. The van der Waals surface area contributed by atoms with Crippen LogP contribution in [0.2, 0.25) is 10.0 Å². The van der Waals surface area contributed by atoms with Crippen molar-refractivity contribution in [1.29, 1.82) is 0 Å². The second-order valence-electron chi connectivity index (χ2n) is 9.36. The predicted molar refractivity (Wildman–Crippen MR) is 114 cm³/mol. The Morgan fingerprint density at radius 2 is 1.68 bits per heavy atom. The molecule has 0 bridgehead atoms. The maximum absolute atomic E-state index is 12.6. The van der Waals surface area contributed by atoms with E-state index >= 15 is 0 Å². The highest BCUT2D eigenvalue weighted by atomic mass is 35.5. The van der Waals surface area contributed by atoms with Gasteiger partial charge in [0.05, 0.1) is 6.54 Å². The normalized spacial score (nSPS) is 19.9. The first kappa shape index (κ1) is 21.4. The number of anilines is 1. The number of hydrogen-bond donors (Lipinski definition) is 2. The molecule has 0 atom stereocenters. The van der Waals surface area contributed by atoms with E-state index in [0.717, 1.165) is 38.8 Å². The Labute approximate surface area is 177 Å². The average molecular weight is 426 g/mol. The molecule has 0 aromatic heterocycles. The Balaban J connectivity index is 1.44. The Hall–Kier alpha value is -1.30. The maximum Gasteiger partial charge on any atom is 0.234 e. The van der Waals surface area contributed by atoms with Gasteiger partial charge in [-0.05, 0) is 70.1 Å². The highest BCUT2D eigenvalue weighted by molar-refractivity contribution is 6.35. The minimum Gasteiger partial charge on any atom is -0.350 e. The van der Waals surface area contributed by atoms with E-state index in [1.165, 1.54) is 0 Å². The number of nitrogens with one attached hydrogen (secondary N) is 2. The molecule has 1 aromatic carbocycles. The largest absolute Gasteiger partial charge is 0.350 e. The summed E-state index contributed by atoms with van der Waals surface area (Å²) in [5.41, 5.74) is 0.721. The molecular formula is C21H29Cl2N3O2. The molecule has 2 amide bonds. The van der Waals surface area contributed by atoms with Crippen molar-refractivity contribution in [1.82, 2.24) is 10.2 Å². The molecule has 2 N–H and O–H groups in total. The average Bonchev–Trinajstić information content (AvgIpc) is 2.51. The van der Waals surface area contributed by atoms with E-state index in [1.807, 2.05) is 20.8 Å². The lowest BCUT2D eigenvalue weighted by Gasteiger charge is -2.53. The molecule has 1 heterocycles. The molecule has 28 heavy (non-hydrogen) atoms. The molecular weight excluding hydrogens is 397 g/mol. The van der Waals surface area contributed by atoms with Crippen LogP contribution < -0.4 is 10.6 Å². The van der Waals surface area contributed by atoms with Crippen LogP contribution in [0.15, 0.2) is 18.2 Å². The zero-order valence-corrected chi connectivity index (χ0v) is 18.3. The van der Waals surface area contributed by atoms with Gasteiger partial charge >= 0.3 is 0 Å². The van der Waals surface area contributed by atoms with Gasteiger partial charge < -0.3 is 10.6 Å². The molecule has 2 aliphatic rings. The third-order valence-corrected chi connectivity index (χ3v) is 5.98. The Morgan fingerprint density at radius 1 is 1.11 bits per heavy atom. The lowest BCUT2D eigenvalue weighted by Crippen LogP contribution is -2.60. The SMILES string of the molecule is CC(C)(C)NC(=O)CN1CC2(CCC(C(=O)Nc3cc(Cl)cc(Cl)c3)CC2)C1. The van der Waals surface area contributed by atoms with E-state index in [2.05, 4.69) is 15.5 Å². The summed E-state index contributed by atoms with van der Waals surface area (Å²) in [6.45, 7) is 8.33. The Bertz CT molecular complexity index is 724. The minimum atomic E-state index is -0.196. The number of hydrogen-bond acceptors (Lipinski definition) is 3. The molecule has 1 saturated carbocycles. The van der Waals surface area contributed by atoms with Crippen LogP contribution in [0.25, 0.3) is 0 Å².